The van der Waals surface area contributed by atoms with Crippen LogP contribution < -0.4 is 5.43 Å². The van der Waals surface area contributed by atoms with Gasteiger partial charge in [-0.05, 0) is 48.8 Å². The Morgan fingerprint density at radius 2 is 2.05 bits per heavy atom. The Kier molecular flexibility index (Phi) is 4.85. The largest absolute Gasteiger partial charge is 0.271 e. The van der Waals surface area contributed by atoms with E-state index in [2.05, 4.69) is 36.5 Å². The summed E-state index contributed by atoms with van der Waals surface area (Å²) >= 11 is 3.43. The number of halogens is 1. The number of carbonyl (C=O) groups excluding carboxylic acids is 1. The molecular weight excluding hydrogens is 334 g/mol. The molecule has 0 bridgehead atoms. The van der Waals surface area contributed by atoms with Crippen molar-refractivity contribution < 1.29 is 4.79 Å². The fourth-order valence-corrected chi connectivity index (χ4v) is 2.09. The molecule has 7 heteroatoms. The van der Waals surface area contributed by atoms with Gasteiger partial charge in [0.15, 0.2) is 0 Å². The number of nitrogens with zero attached hydrogens (tertiary/aromatic N) is 4. The van der Waals surface area contributed by atoms with Crippen LogP contribution in [0.2, 0.25) is 0 Å². The molecule has 2 heterocycles. The van der Waals surface area contributed by atoms with E-state index in [0.29, 0.717) is 0 Å². The summed E-state index contributed by atoms with van der Waals surface area (Å²) in [5, 5.41) is 8.37. The molecule has 0 unspecified atom stereocenters. The molecule has 2 rings (SSSR count). The summed E-state index contributed by atoms with van der Waals surface area (Å²) in [5.41, 5.74) is 5.95. The predicted octanol–water partition coefficient (Wildman–Crippen LogP) is 2.20. The first kappa shape index (κ1) is 15.4. The number of aromatic nitrogens is 3. The molecule has 0 saturated carbocycles. The van der Waals surface area contributed by atoms with E-state index in [1.165, 1.54) is 0 Å². The van der Waals surface area contributed by atoms with Crippen LogP contribution in [-0.4, -0.2) is 26.4 Å². The number of hydrazone groups is 1. The molecule has 1 amide bonds. The third-order valence-corrected chi connectivity index (χ3v) is 4.18. The van der Waals surface area contributed by atoms with Gasteiger partial charge in [-0.1, -0.05) is 0 Å². The lowest BCUT2D eigenvalue weighted by Gasteiger charge is -2.04. The quantitative estimate of drug-likeness (QED) is 0.679. The van der Waals surface area contributed by atoms with Crippen LogP contribution in [0.4, 0.5) is 0 Å². The second-order valence-corrected chi connectivity index (χ2v) is 5.40. The van der Waals surface area contributed by atoms with Crippen LogP contribution >= 0.6 is 15.9 Å². The van der Waals surface area contributed by atoms with E-state index in [1.54, 1.807) is 17.1 Å². The van der Waals surface area contributed by atoms with Crippen molar-refractivity contribution in [3.05, 3.63) is 46.0 Å². The monoisotopic (exact) mass is 349 g/mol. The molecule has 0 aliphatic carbocycles. The van der Waals surface area contributed by atoms with Crippen molar-refractivity contribution >= 4 is 27.5 Å². The van der Waals surface area contributed by atoms with Crippen LogP contribution in [0.25, 0.3) is 0 Å². The van der Waals surface area contributed by atoms with E-state index in [4.69, 9.17) is 0 Å². The number of aryl methyl sites for hydroxylation is 1. The van der Waals surface area contributed by atoms with Gasteiger partial charge in [-0.15, -0.1) is 0 Å². The molecule has 0 aromatic carbocycles. The van der Waals surface area contributed by atoms with Crippen molar-refractivity contribution in [3.8, 4) is 0 Å². The van der Waals surface area contributed by atoms with Gasteiger partial charge in [-0.2, -0.15) is 10.2 Å². The van der Waals surface area contributed by atoms with E-state index in [0.717, 1.165) is 27.1 Å². The van der Waals surface area contributed by atoms with Crippen molar-refractivity contribution in [1.82, 2.24) is 20.2 Å². The molecule has 110 valence electrons. The second kappa shape index (κ2) is 6.62. The molecule has 2 aromatic heterocycles. The van der Waals surface area contributed by atoms with Crippen LogP contribution in [0.5, 0.6) is 0 Å². The lowest BCUT2D eigenvalue weighted by atomic mass is 10.2. The van der Waals surface area contributed by atoms with Crippen molar-refractivity contribution in [3.63, 3.8) is 0 Å². The number of rotatable bonds is 4. The van der Waals surface area contributed by atoms with Gasteiger partial charge in [-0.25, -0.2) is 5.43 Å². The Hall–Kier alpha value is -2.02. The standard InChI is InChI=1S/C14H16BrN5O/c1-9(12-4-6-16-7-5-12)17-18-13(21)8-20-11(3)14(15)10(2)19-20/h4-7H,8H2,1-3H3,(H,18,21). The highest BCUT2D eigenvalue weighted by Gasteiger charge is 2.11. The van der Waals surface area contributed by atoms with Crippen LogP contribution in [0, 0.1) is 13.8 Å². The van der Waals surface area contributed by atoms with Crippen LogP contribution in [0.3, 0.4) is 0 Å². The van der Waals surface area contributed by atoms with Crippen molar-refractivity contribution in [1.29, 1.82) is 0 Å². The fraction of sp³-hybridized carbons (Fsp3) is 0.286. The molecule has 6 nitrogen and oxygen atoms in total. The number of pyridine rings is 1. The van der Waals surface area contributed by atoms with E-state index in [9.17, 15) is 4.79 Å². The first-order chi connectivity index (χ1) is 9.99. The molecule has 0 atom stereocenters. The summed E-state index contributed by atoms with van der Waals surface area (Å²) in [5.74, 6) is -0.221. The zero-order valence-corrected chi connectivity index (χ0v) is 13.7. The van der Waals surface area contributed by atoms with Gasteiger partial charge in [0.25, 0.3) is 5.91 Å². The molecule has 21 heavy (non-hydrogen) atoms. The summed E-state index contributed by atoms with van der Waals surface area (Å²) in [6, 6.07) is 3.67. The highest BCUT2D eigenvalue weighted by Crippen LogP contribution is 2.19. The molecule has 0 aliphatic rings. The lowest BCUT2D eigenvalue weighted by molar-refractivity contribution is -0.121. The van der Waals surface area contributed by atoms with E-state index < -0.39 is 0 Å². The maximum absolute atomic E-state index is 11.9. The summed E-state index contributed by atoms with van der Waals surface area (Å²) in [4.78, 5) is 15.9. The minimum absolute atomic E-state index is 0.130. The molecule has 0 spiro atoms. The first-order valence-corrected chi connectivity index (χ1v) is 7.21. The molecular formula is C14H16BrN5O. The smallest absolute Gasteiger partial charge is 0.261 e. The van der Waals surface area contributed by atoms with Gasteiger partial charge in [0.05, 0.1) is 21.6 Å². The van der Waals surface area contributed by atoms with Crippen LogP contribution in [-0.2, 0) is 11.3 Å². The van der Waals surface area contributed by atoms with Gasteiger partial charge in [0.1, 0.15) is 6.54 Å². The maximum atomic E-state index is 11.9. The summed E-state index contributed by atoms with van der Waals surface area (Å²) in [7, 11) is 0. The Morgan fingerprint density at radius 3 is 2.62 bits per heavy atom. The van der Waals surface area contributed by atoms with E-state index in [-0.39, 0.29) is 12.5 Å². The van der Waals surface area contributed by atoms with Gasteiger partial charge < -0.3 is 0 Å². The average molecular weight is 350 g/mol. The number of hydrogen-bond acceptors (Lipinski definition) is 4. The van der Waals surface area contributed by atoms with Crippen LogP contribution in [0.15, 0.2) is 34.1 Å². The van der Waals surface area contributed by atoms with Gasteiger partial charge in [0, 0.05) is 18.0 Å². The zero-order valence-electron chi connectivity index (χ0n) is 12.1. The topological polar surface area (TPSA) is 72.2 Å². The Balaban J connectivity index is 2.01. The Bertz CT molecular complexity index is 678. The number of nitrogens with one attached hydrogen (secondary N) is 1. The van der Waals surface area contributed by atoms with Gasteiger partial charge >= 0.3 is 0 Å². The number of carbonyl (C=O) groups is 1. The van der Waals surface area contributed by atoms with Gasteiger partial charge in [0.2, 0.25) is 0 Å². The minimum Gasteiger partial charge on any atom is -0.271 e. The highest BCUT2D eigenvalue weighted by atomic mass is 79.9. The molecule has 2 aromatic rings. The zero-order chi connectivity index (χ0) is 15.4. The van der Waals surface area contributed by atoms with Crippen molar-refractivity contribution in [2.45, 2.75) is 27.3 Å². The average Bonchev–Trinajstić information content (AvgIpc) is 2.73. The normalized spacial score (nSPS) is 11.5. The molecule has 0 saturated heterocycles. The molecule has 0 fully saturated rings. The Labute approximate surface area is 131 Å². The van der Waals surface area contributed by atoms with Gasteiger partial charge in [-0.3, -0.25) is 14.5 Å². The highest BCUT2D eigenvalue weighted by molar-refractivity contribution is 9.10. The summed E-state index contributed by atoms with van der Waals surface area (Å²) < 4.78 is 2.57. The number of amides is 1. The van der Waals surface area contributed by atoms with Crippen molar-refractivity contribution in [2.24, 2.45) is 5.10 Å². The maximum Gasteiger partial charge on any atom is 0.261 e. The second-order valence-electron chi connectivity index (χ2n) is 4.61. The summed E-state index contributed by atoms with van der Waals surface area (Å²) in [6.07, 6.45) is 3.37. The molecule has 0 radical (unpaired) electrons. The molecule has 1 N–H and O–H groups in total. The Morgan fingerprint density at radius 1 is 1.38 bits per heavy atom. The minimum atomic E-state index is -0.221. The third-order valence-electron chi connectivity index (χ3n) is 3.03. The number of hydrogen-bond donors (Lipinski definition) is 1. The molecule has 0 aliphatic heterocycles. The third kappa shape index (κ3) is 3.75. The SMILES string of the molecule is CC(=NNC(=O)Cn1nc(C)c(Br)c1C)c1ccncc1. The van der Waals surface area contributed by atoms with E-state index in [1.807, 2.05) is 32.9 Å². The first-order valence-electron chi connectivity index (χ1n) is 6.42. The van der Waals surface area contributed by atoms with Crippen molar-refractivity contribution in [2.75, 3.05) is 0 Å². The van der Waals surface area contributed by atoms with Crippen LogP contribution in [0.1, 0.15) is 23.9 Å². The summed E-state index contributed by atoms with van der Waals surface area (Å²) in [6.45, 7) is 5.75. The fourth-order valence-electron chi connectivity index (χ4n) is 1.80. The van der Waals surface area contributed by atoms with E-state index >= 15 is 0 Å². The lowest BCUT2D eigenvalue weighted by Crippen LogP contribution is -2.25. The predicted molar refractivity (Wildman–Crippen MR) is 84.0 cm³/mol.